The van der Waals surface area contributed by atoms with Crippen molar-refractivity contribution in [1.29, 1.82) is 0 Å². The molecule has 2 aliphatic rings. The molecule has 3 atom stereocenters. The monoisotopic (exact) mass is 510 g/mol. The summed E-state index contributed by atoms with van der Waals surface area (Å²) in [4.78, 5) is 57.1. The first kappa shape index (κ1) is 24.8. The van der Waals surface area contributed by atoms with Crippen LogP contribution in [0.4, 0.5) is 5.13 Å². The van der Waals surface area contributed by atoms with E-state index in [1.54, 1.807) is 0 Å². The fraction of sp³-hybridized carbons (Fsp3) is 0.412. The Morgan fingerprint density at radius 3 is 2.79 bits per heavy atom. The van der Waals surface area contributed by atoms with Crippen molar-refractivity contribution in [3.05, 3.63) is 32.8 Å². The highest BCUT2D eigenvalue weighted by atomic mass is 32.2. The second-order valence-electron chi connectivity index (χ2n) is 6.80. The van der Waals surface area contributed by atoms with Crippen molar-refractivity contribution in [2.45, 2.75) is 31.6 Å². The van der Waals surface area contributed by atoms with Crippen LogP contribution in [0.15, 0.2) is 26.9 Å². The van der Waals surface area contributed by atoms with E-state index in [9.17, 15) is 24.4 Å². The molecule has 1 saturated heterocycles. The first-order valence-corrected chi connectivity index (χ1v) is 11.4. The Balaban J connectivity index is 1.80. The van der Waals surface area contributed by atoms with E-state index in [1.807, 2.05) is 0 Å². The van der Waals surface area contributed by atoms with Gasteiger partial charge in [-0.25, -0.2) is 9.78 Å². The summed E-state index contributed by atoms with van der Waals surface area (Å²) in [5, 5.41) is 19.0. The first-order valence-electron chi connectivity index (χ1n) is 9.48. The van der Waals surface area contributed by atoms with Crippen molar-refractivity contribution in [2.75, 3.05) is 18.0 Å². The van der Waals surface area contributed by atoms with E-state index < -0.39 is 47.2 Å². The zero-order chi connectivity index (χ0) is 25.0. The third-order valence-electron chi connectivity index (χ3n) is 4.54. The highest BCUT2D eigenvalue weighted by Crippen LogP contribution is 2.41. The molecule has 1 fully saturated rings. The van der Waals surface area contributed by atoms with Gasteiger partial charge in [-0.1, -0.05) is 10.3 Å². The van der Waals surface area contributed by atoms with E-state index in [2.05, 4.69) is 25.5 Å². The lowest BCUT2D eigenvalue weighted by molar-refractivity contribution is -0.182. The number of rotatable bonds is 8. The molecule has 2 aliphatic heterocycles. The lowest BCUT2D eigenvalue weighted by Gasteiger charge is -2.49. The van der Waals surface area contributed by atoms with Gasteiger partial charge in [-0.3, -0.25) is 19.3 Å². The second kappa shape index (κ2) is 10.4. The number of nitrogens with one attached hydrogen (secondary N) is 1. The summed E-state index contributed by atoms with van der Waals surface area (Å²) in [5.41, 5.74) is 13.9. The molecule has 0 aliphatic carbocycles. The molecule has 34 heavy (non-hydrogen) atoms. The zero-order valence-electron chi connectivity index (χ0n) is 17.7. The van der Waals surface area contributed by atoms with Crippen LogP contribution in [0, 0.1) is 0 Å². The van der Waals surface area contributed by atoms with Crippen LogP contribution in [0.5, 0.6) is 0 Å². The summed E-state index contributed by atoms with van der Waals surface area (Å²) in [7, 11) is 0. The van der Waals surface area contributed by atoms with E-state index in [-0.39, 0.29) is 28.8 Å². The van der Waals surface area contributed by atoms with Gasteiger partial charge in [0.25, 0.3) is 11.8 Å². The molecule has 0 bridgehead atoms. The van der Waals surface area contributed by atoms with E-state index in [0.717, 1.165) is 23.2 Å². The van der Waals surface area contributed by atoms with Crippen LogP contribution in [-0.4, -0.2) is 74.6 Å². The Labute approximate surface area is 199 Å². The lowest BCUT2D eigenvalue weighted by atomic mass is 10.0. The van der Waals surface area contributed by atoms with Gasteiger partial charge in [0.15, 0.2) is 10.8 Å². The largest absolute Gasteiger partial charge is 0.426 e. The topological polar surface area (TPSA) is 222 Å². The van der Waals surface area contributed by atoms with Crippen LogP contribution < -0.4 is 11.1 Å². The van der Waals surface area contributed by atoms with Crippen molar-refractivity contribution in [3.8, 4) is 0 Å². The Kier molecular flexibility index (Phi) is 7.60. The molecule has 4 N–H and O–H groups in total. The van der Waals surface area contributed by atoms with Crippen molar-refractivity contribution in [3.63, 3.8) is 0 Å². The second-order valence-corrected chi connectivity index (χ2v) is 8.80. The van der Waals surface area contributed by atoms with E-state index in [1.165, 1.54) is 24.1 Å². The summed E-state index contributed by atoms with van der Waals surface area (Å²) >= 11 is 2.25. The van der Waals surface area contributed by atoms with Gasteiger partial charge in [0, 0.05) is 29.9 Å². The minimum atomic E-state index is -1.23. The summed E-state index contributed by atoms with van der Waals surface area (Å²) in [6.45, 7) is 2.26. The molecule has 1 aromatic heterocycles. The number of thiazole rings is 1. The number of nitrogen functional groups attached to an aromatic ring is 1. The standard InChI is InChI=1S/C17H18N8O7S2/c1-6(26)31-7(2)32-16(29)12-8(3-20-24-19)4-33-15-11(14(28)25(12)15)22-13(27)10(23-30)9-5-34-17(18)21-9/h5,7,11,15,30H,3-4H2,1-2H3,(H2,18,21)(H,22,27)/t7?,11?,15-/m1/s1. The van der Waals surface area contributed by atoms with Crippen molar-refractivity contribution >= 4 is 57.7 Å². The molecule has 0 spiro atoms. The van der Waals surface area contributed by atoms with Gasteiger partial charge in [0.2, 0.25) is 6.29 Å². The molecule has 0 radical (unpaired) electrons. The number of anilines is 1. The third kappa shape index (κ3) is 5.05. The number of hydrogen-bond donors (Lipinski definition) is 3. The van der Waals surface area contributed by atoms with Gasteiger partial charge in [-0.15, -0.1) is 23.1 Å². The van der Waals surface area contributed by atoms with Crippen LogP contribution in [0.3, 0.4) is 0 Å². The molecule has 2 unspecified atom stereocenters. The van der Waals surface area contributed by atoms with E-state index >= 15 is 0 Å². The maximum atomic E-state index is 12.9. The minimum Gasteiger partial charge on any atom is -0.426 e. The number of oxime groups is 1. The van der Waals surface area contributed by atoms with E-state index in [0.29, 0.717) is 5.57 Å². The third-order valence-corrected chi connectivity index (χ3v) is 6.55. The number of aromatic nitrogens is 1. The van der Waals surface area contributed by atoms with E-state index in [4.69, 9.17) is 20.7 Å². The molecule has 180 valence electrons. The van der Waals surface area contributed by atoms with Crippen LogP contribution in [0.1, 0.15) is 19.5 Å². The Hall–Kier alpha value is -3.82. The SMILES string of the molecule is CC(=O)OC(C)OC(=O)C1=C(CN=[N+]=[N-])CS[C@@H]2C(NC(=O)C(=NO)c3csc(N)n3)C(=O)N12. The number of hydrogen-bond acceptors (Lipinski definition) is 13. The van der Waals surface area contributed by atoms with Gasteiger partial charge < -0.3 is 25.7 Å². The number of nitrogens with zero attached hydrogens (tertiary/aromatic N) is 6. The molecule has 15 nitrogen and oxygen atoms in total. The number of ether oxygens (including phenoxy) is 2. The van der Waals surface area contributed by atoms with Crippen LogP contribution in [0.25, 0.3) is 10.4 Å². The minimum absolute atomic E-state index is 0.0303. The van der Waals surface area contributed by atoms with Crippen LogP contribution in [-0.2, 0) is 28.7 Å². The molecule has 0 saturated carbocycles. The maximum absolute atomic E-state index is 12.9. The Bertz CT molecular complexity index is 1140. The van der Waals surface area contributed by atoms with Crippen LogP contribution in [0.2, 0.25) is 0 Å². The maximum Gasteiger partial charge on any atom is 0.358 e. The average molecular weight is 511 g/mol. The van der Waals surface area contributed by atoms with Gasteiger partial charge in [-0.05, 0) is 11.1 Å². The Morgan fingerprint density at radius 1 is 1.47 bits per heavy atom. The molecular formula is C17H18N8O7S2. The van der Waals surface area contributed by atoms with Gasteiger partial charge in [0.1, 0.15) is 22.8 Å². The quantitative estimate of drug-likeness (QED) is 0.0500. The van der Waals surface area contributed by atoms with Gasteiger partial charge in [-0.2, -0.15) is 0 Å². The number of amides is 2. The zero-order valence-corrected chi connectivity index (χ0v) is 19.3. The van der Waals surface area contributed by atoms with Crippen molar-refractivity contribution in [2.24, 2.45) is 10.3 Å². The average Bonchev–Trinajstić information content (AvgIpc) is 3.20. The number of azide groups is 1. The summed E-state index contributed by atoms with van der Waals surface area (Å²) < 4.78 is 9.90. The van der Waals surface area contributed by atoms with Gasteiger partial charge >= 0.3 is 11.9 Å². The molecule has 3 heterocycles. The van der Waals surface area contributed by atoms with Crippen molar-refractivity contribution < 1.29 is 33.9 Å². The number of fused-ring (bicyclic) bond motifs is 1. The van der Waals surface area contributed by atoms with Crippen molar-refractivity contribution in [1.82, 2.24) is 15.2 Å². The molecular weight excluding hydrogens is 492 g/mol. The highest BCUT2D eigenvalue weighted by Gasteiger charge is 2.54. The summed E-state index contributed by atoms with van der Waals surface area (Å²) in [5.74, 6) is -2.97. The smallest absolute Gasteiger partial charge is 0.358 e. The molecule has 3 rings (SSSR count). The lowest BCUT2D eigenvalue weighted by Crippen LogP contribution is -2.71. The first-order chi connectivity index (χ1) is 16.2. The number of nitrogens with two attached hydrogens (primary N) is 1. The number of carbonyl (C=O) groups is 4. The van der Waals surface area contributed by atoms with Crippen LogP contribution >= 0.6 is 23.1 Å². The predicted octanol–water partition coefficient (Wildman–Crippen LogP) is 0.320. The highest BCUT2D eigenvalue weighted by molar-refractivity contribution is 8.00. The van der Waals surface area contributed by atoms with Gasteiger partial charge in [0.05, 0.1) is 6.54 Å². The fourth-order valence-corrected chi connectivity index (χ4v) is 5.08. The number of carbonyl (C=O) groups excluding carboxylic acids is 4. The molecule has 1 aromatic rings. The molecule has 17 heteroatoms. The number of β-lactam (4-membered cyclic amide) rings is 1. The Morgan fingerprint density at radius 2 is 2.21 bits per heavy atom. The molecule has 2 amide bonds. The summed E-state index contributed by atoms with van der Waals surface area (Å²) in [6.07, 6.45) is -1.23. The number of thioether (sulfide) groups is 1. The number of esters is 2. The summed E-state index contributed by atoms with van der Waals surface area (Å²) in [6, 6.07) is -1.06. The molecule has 0 aromatic carbocycles. The normalized spacial score (nSPS) is 20.5. The predicted molar refractivity (Wildman–Crippen MR) is 118 cm³/mol. The fourth-order valence-electron chi connectivity index (χ4n) is 3.19.